The minimum atomic E-state index is 0.459. The van der Waals surface area contributed by atoms with Crippen molar-refractivity contribution in [2.24, 2.45) is 4.99 Å². The van der Waals surface area contributed by atoms with E-state index in [4.69, 9.17) is 16.6 Å². The number of thiophene rings is 1. The van der Waals surface area contributed by atoms with Crippen LogP contribution in [0, 0.1) is 0 Å². The Morgan fingerprint density at radius 3 is 2.40 bits per heavy atom. The number of aliphatic imine (C=N–C) groups is 1. The maximum atomic E-state index is 6.47. The van der Waals surface area contributed by atoms with E-state index in [1.165, 1.54) is 31.6 Å². The van der Waals surface area contributed by atoms with Crippen LogP contribution in [0.4, 0.5) is 0 Å². The van der Waals surface area contributed by atoms with Gasteiger partial charge in [0.25, 0.3) is 0 Å². The molecule has 142 valence electrons. The molecule has 0 aliphatic carbocycles. The molecular formula is C27H16ClNS. The number of rotatable bonds is 1. The molecule has 1 aliphatic heterocycles. The molecule has 30 heavy (non-hydrogen) atoms. The first kappa shape index (κ1) is 17.6. The predicted molar refractivity (Wildman–Crippen MR) is 132 cm³/mol. The minimum absolute atomic E-state index is 0.459. The third-order valence-electron chi connectivity index (χ3n) is 5.66. The molecule has 0 unspecified atom stereocenters. The maximum absolute atomic E-state index is 6.47. The smallest absolute Gasteiger partial charge is 0.130 e. The predicted octanol–water partition coefficient (Wildman–Crippen LogP) is 8.15. The minimum Gasteiger partial charge on any atom is -0.235 e. The molecule has 1 aromatic heterocycles. The fraction of sp³-hybridized carbons (Fsp3) is 0. The lowest BCUT2D eigenvalue weighted by molar-refractivity contribution is 1.50. The molecule has 2 heterocycles. The summed E-state index contributed by atoms with van der Waals surface area (Å²) in [7, 11) is 0. The lowest BCUT2D eigenvalue weighted by atomic mass is 9.96. The van der Waals surface area contributed by atoms with E-state index in [1.54, 1.807) is 11.3 Å². The summed E-state index contributed by atoms with van der Waals surface area (Å²) in [4.78, 5) is 5.91. The lowest BCUT2D eigenvalue weighted by Crippen LogP contribution is -2.02. The SMILES string of the molecule is C=C1C=C(Cl)N=C(c2ccc3c(ccc4ccccc43)c2)c2sc3ccccc3c21. The number of hydrogen-bond acceptors (Lipinski definition) is 2. The quantitative estimate of drug-likeness (QED) is 0.191. The zero-order chi connectivity index (χ0) is 20.2. The largest absolute Gasteiger partial charge is 0.235 e. The van der Waals surface area contributed by atoms with Crippen molar-refractivity contribution >= 4 is 65.9 Å². The van der Waals surface area contributed by atoms with Crippen molar-refractivity contribution in [3.63, 3.8) is 0 Å². The highest BCUT2D eigenvalue weighted by atomic mass is 35.5. The van der Waals surface area contributed by atoms with Gasteiger partial charge in [-0.15, -0.1) is 11.3 Å². The third kappa shape index (κ3) is 2.65. The van der Waals surface area contributed by atoms with Crippen molar-refractivity contribution in [2.45, 2.75) is 0 Å². The number of allylic oxidation sites excluding steroid dienone is 2. The van der Waals surface area contributed by atoms with Crippen LogP contribution in [-0.2, 0) is 0 Å². The van der Waals surface area contributed by atoms with Crippen LogP contribution in [0.3, 0.4) is 0 Å². The first-order chi connectivity index (χ1) is 14.7. The fourth-order valence-electron chi connectivity index (χ4n) is 4.29. The Labute approximate surface area is 183 Å². The monoisotopic (exact) mass is 421 g/mol. The number of benzene rings is 4. The molecule has 0 atom stereocenters. The molecule has 0 amide bonds. The average Bonchev–Trinajstić information content (AvgIpc) is 3.10. The Balaban J connectivity index is 1.62. The topological polar surface area (TPSA) is 12.4 Å². The summed E-state index contributed by atoms with van der Waals surface area (Å²) in [6.07, 6.45) is 1.86. The molecule has 0 fully saturated rings. The molecule has 6 rings (SSSR count). The lowest BCUT2D eigenvalue weighted by Gasteiger charge is -2.09. The van der Waals surface area contributed by atoms with Crippen molar-refractivity contribution in [3.05, 3.63) is 113 Å². The zero-order valence-electron chi connectivity index (χ0n) is 16.0. The second-order valence-corrected chi connectivity index (χ2v) is 8.92. The summed E-state index contributed by atoms with van der Waals surface area (Å²) in [5, 5.41) is 6.61. The Morgan fingerprint density at radius 2 is 1.50 bits per heavy atom. The summed E-state index contributed by atoms with van der Waals surface area (Å²) < 4.78 is 1.23. The van der Waals surface area contributed by atoms with E-state index < -0.39 is 0 Å². The van der Waals surface area contributed by atoms with Gasteiger partial charge in [0.15, 0.2) is 0 Å². The van der Waals surface area contributed by atoms with E-state index >= 15 is 0 Å². The van der Waals surface area contributed by atoms with Crippen LogP contribution in [0.25, 0.3) is 37.2 Å². The maximum Gasteiger partial charge on any atom is 0.130 e. The van der Waals surface area contributed by atoms with Crippen LogP contribution in [-0.4, -0.2) is 5.71 Å². The van der Waals surface area contributed by atoms with Crippen LogP contribution >= 0.6 is 22.9 Å². The summed E-state index contributed by atoms with van der Waals surface area (Å²) in [5.74, 6) is 0. The van der Waals surface area contributed by atoms with Crippen molar-refractivity contribution in [3.8, 4) is 0 Å². The molecule has 0 saturated heterocycles. The second kappa shape index (κ2) is 6.66. The molecule has 4 aromatic carbocycles. The van der Waals surface area contributed by atoms with Gasteiger partial charge < -0.3 is 0 Å². The summed E-state index contributed by atoms with van der Waals surface area (Å²) in [6.45, 7) is 4.27. The van der Waals surface area contributed by atoms with Gasteiger partial charge in [0.1, 0.15) is 5.16 Å². The van der Waals surface area contributed by atoms with Gasteiger partial charge in [-0.25, -0.2) is 4.99 Å². The van der Waals surface area contributed by atoms with Crippen LogP contribution in [0.15, 0.2) is 102 Å². The fourth-order valence-corrected chi connectivity index (χ4v) is 5.76. The molecular weight excluding hydrogens is 406 g/mol. The van der Waals surface area contributed by atoms with Crippen LogP contribution in [0.5, 0.6) is 0 Å². The highest BCUT2D eigenvalue weighted by molar-refractivity contribution is 7.21. The highest BCUT2D eigenvalue weighted by Gasteiger charge is 2.22. The normalized spacial score (nSPS) is 14.0. The van der Waals surface area contributed by atoms with Gasteiger partial charge in [0, 0.05) is 21.2 Å². The Morgan fingerprint density at radius 1 is 0.767 bits per heavy atom. The van der Waals surface area contributed by atoms with E-state index in [0.29, 0.717) is 5.16 Å². The number of halogens is 1. The summed E-state index contributed by atoms with van der Waals surface area (Å²) in [6, 6.07) is 27.8. The van der Waals surface area contributed by atoms with E-state index in [2.05, 4.69) is 85.4 Å². The molecule has 5 aromatic rings. The molecule has 3 heteroatoms. The van der Waals surface area contributed by atoms with Gasteiger partial charge in [0.2, 0.25) is 0 Å². The molecule has 0 spiro atoms. The summed E-state index contributed by atoms with van der Waals surface area (Å²) >= 11 is 8.22. The highest BCUT2D eigenvalue weighted by Crippen LogP contribution is 2.40. The van der Waals surface area contributed by atoms with Gasteiger partial charge >= 0.3 is 0 Å². The number of hydrogen-bond donors (Lipinski definition) is 0. The van der Waals surface area contributed by atoms with Crippen LogP contribution in [0.1, 0.15) is 16.0 Å². The molecule has 1 nitrogen and oxygen atoms in total. The van der Waals surface area contributed by atoms with Gasteiger partial charge in [-0.2, -0.15) is 0 Å². The van der Waals surface area contributed by atoms with Crippen molar-refractivity contribution in [1.29, 1.82) is 0 Å². The molecule has 1 aliphatic rings. The van der Waals surface area contributed by atoms with E-state index in [-0.39, 0.29) is 0 Å². The van der Waals surface area contributed by atoms with Crippen molar-refractivity contribution in [1.82, 2.24) is 0 Å². The van der Waals surface area contributed by atoms with E-state index in [9.17, 15) is 0 Å². The molecule has 0 radical (unpaired) electrons. The number of nitrogens with zero attached hydrogens (tertiary/aromatic N) is 1. The Kier molecular flexibility index (Phi) is 3.92. The average molecular weight is 422 g/mol. The Hall–Kier alpha value is -3.20. The standard InChI is InChI=1S/C27H16ClNS/c1-16-14-24(28)29-26(27-25(16)22-8-4-5-9-23(22)30-27)19-12-13-21-18(15-19)11-10-17-6-2-3-7-20(17)21/h2-15H,1H2. The molecule has 0 bridgehead atoms. The van der Waals surface area contributed by atoms with Crippen molar-refractivity contribution < 1.29 is 0 Å². The molecule has 0 saturated carbocycles. The first-order valence-electron chi connectivity index (χ1n) is 9.78. The van der Waals surface area contributed by atoms with Crippen LogP contribution < -0.4 is 0 Å². The van der Waals surface area contributed by atoms with Gasteiger partial charge in [-0.05, 0) is 45.3 Å². The van der Waals surface area contributed by atoms with Gasteiger partial charge in [-0.3, -0.25) is 0 Å². The molecule has 0 N–H and O–H groups in total. The zero-order valence-corrected chi connectivity index (χ0v) is 17.6. The first-order valence-corrected chi connectivity index (χ1v) is 11.0. The van der Waals surface area contributed by atoms with Crippen molar-refractivity contribution in [2.75, 3.05) is 0 Å². The van der Waals surface area contributed by atoms with Crippen LogP contribution in [0.2, 0.25) is 0 Å². The number of fused-ring (bicyclic) bond motifs is 6. The van der Waals surface area contributed by atoms with E-state index in [0.717, 1.165) is 27.3 Å². The summed E-state index contributed by atoms with van der Waals surface area (Å²) in [5.41, 5.74) is 3.99. The third-order valence-corrected chi connectivity index (χ3v) is 7.03. The van der Waals surface area contributed by atoms with E-state index in [1.807, 2.05) is 6.08 Å². The second-order valence-electron chi connectivity index (χ2n) is 7.48. The Bertz CT molecular complexity index is 1570. The van der Waals surface area contributed by atoms with Gasteiger partial charge in [0.05, 0.1) is 10.6 Å². The van der Waals surface area contributed by atoms with Gasteiger partial charge in [-0.1, -0.05) is 84.9 Å².